The number of hydrogen-bond donors (Lipinski definition) is 2. The van der Waals surface area contributed by atoms with Crippen LogP contribution in [0, 0.1) is 5.41 Å². The fraction of sp³-hybridized carbons (Fsp3) is 0.333. The molecule has 0 rings (SSSR count). The molecule has 0 saturated heterocycles. The van der Waals surface area contributed by atoms with Crippen molar-refractivity contribution in [1.82, 2.24) is 5.32 Å². The molecule has 0 aliphatic rings. The Morgan fingerprint density at radius 3 is 2.55 bits per heavy atom. The topological polar surface area (TPSA) is 48.2 Å². The number of nitrogens with one attached hydrogen (secondary N) is 2. The van der Waals surface area contributed by atoms with Gasteiger partial charge in [-0.3, -0.25) is 5.41 Å². The summed E-state index contributed by atoms with van der Waals surface area (Å²) in [5.41, 5.74) is 0.732. The van der Waals surface area contributed by atoms with Gasteiger partial charge < -0.3 is 5.32 Å². The van der Waals surface area contributed by atoms with Gasteiger partial charge >= 0.3 is 0 Å². The Bertz CT molecular complexity index is 198. The maximum Gasteiger partial charge on any atom is 0.188 e. The average molecular weight is 194 g/mol. The Kier molecular flexibility index (Phi) is 4.90. The highest BCUT2D eigenvalue weighted by Gasteiger charge is 1.92. The van der Waals surface area contributed by atoms with Crippen LogP contribution in [-0.2, 0) is 0 Å². The van der Waals surface area contributed by atoms with E-state index in [2.05, 4.69) is 16.9 Å². The molecule has 0 aromatic rings. The first-order valence-corrected chi connectivity index (χ1v) is 3.64. The minimum absolute atomic E-state index is 0.111. The molecule has 0 aliphatic carbocycles. The molecule has 0 aliphatic heterocycles. The standard InChI is InChI=1S/C6H9Cl2N3/c1-4(11-5(2)7)3-10-6(8)9/h2-3H2,1H3,(H2,9,10). The number of amidine groups is 1. The summed E-state index contributed by atoms with van der Waals surface area (Å²) in [6, 6.07) is 0. The minimum Gasteiger partial charge on any atom is -0.356 e. The summed E-state index contributed by atoms with van der Waals surface area (Å²) in [6.45, 7) is 5.56. The molecule has 0 heterocycles. The molecule has 3 nitrogen and oxygen atoms in total. The van der Waals surface area contributed by atoms with Crippen LogP contribution in [0.3, 0.4) is 0 Å². The summed E-state index contributed by atoms with van der Waals surface area (Å²) in [6.07, 6.45) is 0. The van der Waals surface area contributed by atoms with Crippen LogP contribution in [-0.4, -0.2) is 17.6 Å². The van der Waals surface area contributed by atoms with Crippen LogP contribution in [0.15, 0.2) is 16.7 Å². The van der Waals surface area contributed by atoms with Gasteiger partial charge in [0.25, 0.3) is 0 Å². The van der Waals surface area contributed by atoms with Crippen LogP contribution in [0.5, 0.6) is 0 Å². The van der Waals surface area contributed by atoms with Crippen molar-refractivity contribution in [1.29, 1.82) is 5.41 Å². The van der Waals surface area contributed by atoms with Crippen molar-refractivity contribution in [3.05, 3.63) is 11.7 Å². The molecule has 0 atom stereocenters. The molecule has 11 heavy (non-hydrogen) atoms. The fourth-order valence-corrected chi connectivity index (χ4v) is 0.663. The van der Waals surface area contributed by atoms with E-state index in [9.17, 15) is 0 Å². The normalized spacial score (nSPS) is 11.0. The largest absolute Gasteiger partial charge is 0.356 e. The molecule has 0 amide bonds. The van der Waals surface area contributed by atoms with E-state index < -0.39 is 0 Å². The monoisotopic (exact) mass is 193 g/mol. The van der Waals surface area contributed by atoms with Crippen molar-refractivity contribution in [2.45, 2.75) is 6.92 Å². The number of aliphatic imine (C=N–C) groups is 1. The second-order valence-electron chi connectivity index (χ2n) is 1.89. The second-order valence-corrected chi connectivity index (χ2v) is 2.71. The molecular formula is C6H9Cl2N3. The first-order valence-electron chi connectivity index (χ1n) is 2.89. The zero-order valence-electron chi connectivity index (χ0n) is 6.12. The maximum absolute atomic E-state index is 6.81. The van der Waals surface area contributed by atoms with Crippen molar-refractivity contribution < 1.29 is 0 Å². The van der Waals surface area contributed by atoms with Gasteiger partial charge in [0, 0.05) is 5.71 Å². The zero-order valence-corrected chi connectivity index (χ0v) is 7.63. The average Bonchev–Trinajstić information content (AvgIpc) is 1.82. The highest BCUT2D eigenvalue weighted by molar-refractivity contribution is 6.63. The van der Waals surface area contributed by atoms with E-state index in [1.54, 1.807) is 6.92 Å². The van der Waals surface area contributed by atoms with Crippen molar-refractivity contribution in [3.8, 4) is 0 Å². The highest BCUT2D eigenvalue weighted by Crippen LogP contribution is 1.97. The van der Waals surface area contributed by atoms with Gasteiger partial charge in [-0.1, -0.05) is 18.2 Å². The third kappa shape index (κ3) is 7.36. The lowest BCUT2D eigenvalue weighted by Gasteiger charge is -2.00. The molecule has 0 bridgehead atoms. The third-order valence-electron chi connectivity index (χ3n) is 0.812. The van der Waals surface area contributed by atoms with Crippen molar-refractivity contribution in [3.63, 3.8) is 0 Å². The van der Waals surface area contributed by atoms with Gasteiger partial charge in [0.2, 0.25) is 0 Å². The molecule has 2 N–H and O–H groups in total. The first-order chi connectivity index (χ1) is 5.02. The SMILES string of the molecule is C=C(Cl)N=C(C)CNC(=N)Cl. The van der Waals surface area contributed by atoms with Crippen LogP contribution < -0.4 is 5.32 Å². The Morgan fingerprint density at radius 1 is 1.64 bits per heavy atom. The fourth-order valence-electron chi connectivity index (χ4n) is 0.452. The van der Waals surface area contributed by atoms with E-state index in [0.717, 1.165) is 5.71 Å². The summed E-state index contributed by atoms with van der Waals surface area (Å²) < 4.78 is 0. The number of halogens is 2. The maximum atomic E-state index is 6.81. The van der Waals surface area contributed by atoms with E-state index in [-0.39, 0.29) is 10.5 Å². The highest BCUT2D eigenvalue weighted by atomic mass is 35.5. The van der Waals surface area contributed by atoms with Crippen molar-refractivity contribution >= 4 is 34.2 Å². The summed E-state index contributed by atoms with van der Waals surface area (Å²) in [5, 5.41) is 9.50. The molecular weight excluding hydrogens is 185 g/mol. The Labute approximate surface area is 75.6 Å². The number of nitrogens with zero attached hydrogens (tertiary/aromatic N) is 1. The van der Waals surface area contributed by atoms with Crippen LogP contribution in [0.1, 0.15) is 6.92 Å². The molecule has 0 aromatic heterocycles. The van der Waals surface area contributed by atoms with Gasteiger partial charge in [0.15, 0.2) is 5.29 Å². The van der Waals surface area contributed by atoms with Gasteiger partial charge in [-0.15, -0.1) is 0 Å². The van der Waals surface area contributed by atoms with Gasteiger partial charge in [0.05, 0.1) is 6.54 Å². The molecule has 0 saturated carbocycles. The number of hydrogen-bond acceptors (Lipinski definition) is 2. The van der Waals surface area contributed by atoms with Crippen LogP contribution in [0.4, 0.5) is 0 Å². The van der Waals surface area contributed by atoms with E-state index in [1.807, 2.05) is 0 Å². The van der Waals surface area contributed by atoms with Gasteiger partial charge in [-0.2, -0.15) is 0 Å². The molecule has 5 heteroatoms. The molecule has 0 radical (unpaired) electrons. The predicted molar refractivity (Wildman–Crippen MR) is 49.7 cm³/mol. The lowest BCUT2D eigenvalue weighted by molar-refractivity contribution is 1.07. The molecule has 0 unspecified atom stereocenters. The Balaban J connectivity index is 3.77. The molecule has 0 spiro atoms. The first kappa shape index (κ1) is 10.5. The molecule has 0 fully saturated rings. The lowest BCUT2D eigenvalue weighted by Crippen LogP contribution is -2.23. The summed E-state index contributed by atoms with van der Waals surface area (Å²) in [7, 11) is 0. The van der Waals surface area contributed by atoms with Crippen molar-refractivity contribution in [2.24, 2.45) is 4.99 Å². The third-order valence-corrected chi connectivity index (χ3v) is 1.03. The van der Waals surface area contributed by atoms with E-state index >= 15 is 0 Å². The van der Waals surface area contributed by atoms with Crippen LogP contribution >= 0.6 is 23.2 Å². The lowest BCUT2D eigenvalue weighted by atomic mass is 10.4. The van der Waals surface area contributed by atoms with Gasteiger partial charge in [-0.05, 0) is 18.5 Å². The smallest absolute Gasteiger partial charge is 0.188 e. The van der Waals surface area contributed by atoms with E-state index in [4.69, 9.17) is 28.6 Å². The van der Waals surface area contributed by atoms with Crippen LogP contribution in [0.25, 0.3) is 0 Å². The molecule has 0 aromatic carbocycles. The van der Waals surface area contributed by atoms with Crippen LogP contribution in [0.2, 0.25) is 0 Å². The Morgan fingerprint density at radius 2 is 2.18 bits per heavy atom. The van der Waals surface area contributed by atoms with Gasteiger partial charge in [0.1, 0.15) is 5.16 Å². The zero-order chi connectivity index (χ0) is 8.85. The van der Waals surface area contributed by atoms with Gasteiger partial charge in [-0.25, -0.2) is 4.99 Å². The van der Waals surface area contributed by atoms with E-state index in [0.29, 0.717) is 6.54 Å². The molecule has 62 valence electrons. The summed E-state index contributed by atoms with van der Waals surface area (Å²) >= 11 is 10.6. The van der Waals surface area contributed by atoms with Crippen molar-refractivity contribution in [2.75, 3.05) is 6.54 Å². The predicted octanol–water partition coefficient (Wildman–Crippen LogP) is 1.92. The Hall–Kier alpha value is -0.540. The summed E-state index contributed by atoms with van der Waals surface area (Å²) in [5.74, 6) is 0. The minimum atomic E-state index is -0.111. The number of rotatable bonds is 3. The second kappa shape index (κ2) is 5.16. The van der Waals surface area contributed by atoms with E-state index in [1.165, 1.54) is 0 Å². The summed E-state index contributed by atoms with van der Waals surface area (Å²) in [4.78, 5) is 3.82. The quantitative estimate of drug-likeness (QED) is 0.402.